The van der Waals surface area contributed by atoms with Gasteiger partial charge in [-0.1, -0.05) is 0 Å². The zero-order valence-electron chi connectivity index (χ0n) is 15.5. The average Bonchev–Trinajstić information content (AvgIpc) is 3.38. The van der Waals surface area contributed by atoms with Gasteiger partial charge < -0.3 is 15.0 Å². The number of morpholine rings is 1. The van der Waals surface area contributed by atoms with E-state index in [1.807, 2.05) is 19.3 Å². The molecule has 3 aromatic heterocycles. The first-order valence-electron chi connectivity index (χ1n) is 9.17. The van der Waals surface area contributed by atoms with E-state index in [0.29, 0.717) is 11.6 Å². The summed E-state index contributed by atoms with van der Waals surface area (Å²) in [7, 11) is 1.87. The molecule has 5 rings (SSSR count). The van der Waals surface area contributed by atoms with Gasteiger partial charge in [-0.25, -0.2) is 9.97 Å². The standard InChI is InChI=1S/C19H20N8O/c1-26-7-6-15(25-26)18-22-16-12-20-24-17(16)19(23-18)21-13-2-4-14(5-3-13)27-8-10-28-11-9-27/h2-7,12H,8-11H2,1H3,(H,20,24)(H,21,22,23). The molecule has 0 aliphatic carbocycles. The van der Waals surface area contributed by atoms with Crippen molar-refractivity contribution in [2.45, 2.75) is 0 Å². The highest BCUT2D eigenvalue weighted by Crippen LogP contribution is 2.26. The maximum Gasteiger partial charge on any atom is 0.182 e. The number of benzene rings is 1. The number of aromatic nitrogens is 6. The molecule has 9 heteroatoms. The summed E-state index contributed by atoms with van der Waals surface area (Å²) < 4.78 is 7.15. The lowest BCUT2D eigenvalue weighted by Crippen LogP contribution is -2.36. The zero-order chi connectivity index (χ0) is 18.9. The minimum Gasteiger partial charge on any atom is -0.378 e. The number of anilines is 3. The van der Waals surface area contributed by atoms with E-state index in [1.54, 1.807) is 10.9 Å². The molecule has 0 unspecified atom stereocenters. The van der Waals surface area contributed by atoms with Gasteiger partial charge in [0.05, 0.1) is 19.4 Å². The molecular weight excluding hydrogens is 356 g/mol. The van der Waals surface area contributed by atoms with Gasteiger partial charge in [-0.15, -0.1) is 0 Å². The Morgan fingerprint density at radius 1 is 1.07 bits per heavy atom. The second-order valence-corrected chi connectivity index (χ2v) is 6.67. The normalized spacial score (nSPS) is 14.5. The van der Waals surface area contributed by atoms with Crippen molar-refractivity contribution in [1.82, 2.24) is 29.9 Å². The molecule has 1 fully saturated rings. The van der Waals surface area contributed by atoms with Gasteiger partial charge in [0.2, 0.25) is 0 Å². The molecule has 0 spiro atoms. The first-order valence-corrected chi connectivity index (χ1v) is 9.17. The fraction of sp³-hybridized carbons (Fsp3) is 0.263. The van der Waals surface area contributed by atoms with E-state index in [4.69, 9.17) is 4.74 Å². The monoisotopic (exact) mass is 376 g/mol. The first kappa shape index (κ1) is 16.7. The van der Waals surface area contributed by atoms with E-state index in [9.17, 15) is 0 Å². The third-order valence-corrected chi connectivity index (χ3v) is 4.75. The number of nitrogens with zero attached hydrogens (tertiary/aromatic N) is 6. The quantitative estimate of drug-likeness (QED) is 0.564. The van der Waals surface area contributed by atoms with Gasteiger partial charge in [0.15, 0.2) is 11.6 Å². The molecule has 2 N–H and O–H groups in total. The molecule has 1 aromatic carbocycles. The molecule has 9 nitrogen and oxygen atoms in total. The predicted molar refractivity (Wildman–Crippen MR) is 107 cm³/mol. The number of aryl methyl sites for hydroxylation is 1. The third kappa shape index (κ3) is 3.16. The van der Waals surface area contributed by atoms with Crippen molar-refractivity contribution in [3.8, 4) is 11.5 Å². The van der Waals surface area contributed by atoms with Gasteiger partial charge in [-0.3, -0.25) is 9.78 Å². The molecule has 1 aliphatic rings. The van der Waals surface area contributed by atoms with Crippen molar-refractivity contribution >= 4 is 28.2 Å². The Labute approximate surface area is 161 Å². The number of hydrogen-bond donors (Lipinski definition) is 2. The van der Waals surface area contributed by atoms with E-state index >= 15 is 0 Å². The molecule has 28 heavy (non-hydrogen) atoms. The van der Waals surface area contributed by atoms with Gasteiger partial charge >= 0.3 is 0 Å². The molecule has 4 heterocycles. The van der Waals surface area contributed by atoms with Crippen molar-refractivity contribution in [2.75, 3.05) is 36.5 Å². The fourth-order valence-corrected chi connectivity index (χ4v) is 3.29. The van der Waals surface area contributed by atoms with E-state index in [0.717, 1.165) is 48.7 Å². The summed E-state index contributed by atoms with van der Waals surface area (Å²) in [5, 5.41) is 14.9. The Balaban J connectivity index is 1.45. The summed E-state index contributed by atoms with van der Waals surface area (Å²) >= 11 is 0. The molecule has 0 atom stereocenters. The van der Waals surface area contributed by atoms with Crippen LogP contribution in [0, 0.1) is 0 Å². The predicted octanol–water partition coefficient (Wildman–Crippen LogP) is 2.33. The van der Waals surface area contributed by atoms with Gasteiger partial charge in [0.1, 0.15) is 16.7 Å². The lowest BCUT2D eigenvalue weighted by molar-refractivity contribution is 0.122. The molecule has 0 saturated carbocycles. The van der Waals surface area contributed by atoms with Crippen LogP contribution in [0.4, 0.5) is 17.2 Å². The smallest absolute Gasteiger partial charge is 0.182 e. The highest BCUT2D eigenvalue weighted by molar-refractivity contribution is 5.88. The number of hydrogen-bond acceptors (Lipinski definition) is 7. The van der Waals surface area contributed by atoms with Crippen LogP contribution in [0.2, 0.25) is 0 Å². The van der Waals surface area contributed by atoms with Crippen molar-refractivity contribution < 1.29 is 4.74 Å². The van der Waals surface area contributed by atoms with Gasteiger partial charge in [-0.2, -0.15) is 10.2 Å². The molecule has 0 amide bonds. The summed E-state index contributed by atoms with van der Waals surface area (Å²) in [6.07, 6.45) is 3.56. The molecular formula is C19H20N8O. The molecule has 142 valence electrons. The van der Waals surface area contributed by atoms with Crippen molar-refractivity contribution in [2.24, 2.45) is 7.05 Å². The Morgan fingerprint density at radius 3 is 2.64 bits per heavy atom. The second kappa shape index (κ2) is 6.93. The van der Waals surface area contributed by atoms with Crippen LogP contribution < -0.4 is 10.2 Å². The van der Waals surface area contributed by atoms with Gasteiger partial charge in [0.25, 0.3) is 0 Å². The van der Waals surface area contributed by atoms with Crippen molar-refractivity contribution in [3.63, 3.8) is 0 Å². The van der Waals surface area contributed by atoms with Crippen LogP contribution in [0.25, 0.3) is 22.6 Å². The average molecular weight is 376 g/mol. The molecule has 0 radical (unpaired) electrons. The number of nitrogens with one attached hydrogen (secondary N) is 2. The Bertz CT molecular complexity index is 1090. The number of aromatic amines is 1. The summed E-state index contributed by atoms with van der Waals surface area (Å²) in [5.41, 5.74) is 4.35. The summed E-state index contributed by atoms with van der Waals surface area (Å²) in [6.45, 7) is 3.38. The van der Waals surface area contributed by atoms with Crippen LogP contribution >= 0.6 is 0 Å². The lowest BCUT2D eigenvalue weighted by atomic mass is 10.2. The summed E-state index contributed by atoms with van der Waals surface area (Å²) in [6, 6.07) is 10.2. The van der Waals surface area contributed by atoms with E-state index < -0.39 is 0 Å². The number of fused-ring (bicyclic) bond motifs is 1. The van der Waals surface area contributed by atoms with Crippen LogP contribution in [0.3, 0.4) is 0 Å². The lowest BCUT2D eigenvalue weighted by Gasteiger charge is -2.28. The minimum absolute atomic E-state index is 0.557. The highest BCUT2D eigenvalue weighted by atomic mass is 16.5. The van der Waals surface area contributed by atoms with Crippen molar-refractivity contribution in [3.05, 3.63) is 42.7 Å². The highest BCUT2D eigenvalue weighted by Gasteiger charge is 2.14. The Kier molecular flexibility index (Phi) is 4.13. The van der Waals surface area contributed by atoms with Crippen LogP contribution in [0.15, 0.2) is 42.7 Å². The number of ether oxygens (including phenoxy) is 1. The fourth-order valence-electron chi connectivity index (χ4n) is 3.29. The maximum absolute atomic E-state index is 5.42. The van der Waals surface area contributed by atoms with Gasteiger partial charge in [-0.05, 0) is 30.3 Å². The SMILES string of the molecule is Cn1ccc(-c2nc(Nc3ccc(N4CCOCC4)cc3)c3[nH]ncc3n2)n1. The summed E-state index contributed by atoms with van der Waals surface area (Å²) in [4.78, 5) is 11.5. The molecule has 1 saturated heterocycles. The zero-order valence-corrected chi connectivity index (χ0v) is 15.5. The van der Waals surface area contributed by atoms with E-state index in [1.165, 1.54) is 5.69 Å². The number of H-pyrrole nitrogens is 1. The van der Waals surface area contributed by atoms with Crippen LogP contribution in [-0.4, -0.2) is 56.2 Å². The van der Waals surface area contributed by atoms with Crippen LogP contribution in [0.5, 0.6) is 0 Å². The topological polar surface area (TPSA) is 96.8 Å². The van der Waals surface area contributed by atoms with E-state index in [2.05, 4.69) is 59.7 Å². The third-order valence-electron chi connectivity index (χ3n) is 4.75. The number of rotatable bonds is 4. The molecule has 0 bridgehead atoms. The Hall–Kier alpha value is -3.46. The second-order valence-electron chi connectivity index (χ2n) is 6.67. The largest absolute Gasteiger partial charge is 0.378 e. The first-order chi connectivity index (χ1) is 13.8. The van der Waals surface area contributed by atoms with Crippen LogP contribution in [0.1, 0.15) is 0 Å². The molecule has 1 aliphatic heterocycles. The minimum atomic E-state index is 0.557. The summed E-state index contributed by atoms with van der Waals surface area (Å²) in [5.74, 6) is 1.23. The maximum atomic E-state index is 5.42. The van der Waals surface area contributed by atoms with Crippen molar-refractivity contribution in [1.29, 1.82) is 0 Å². The van der Waals surface area contributed by atoms with Crippen LogP contribution in [-0.2, 0) is 11.8 Å². The molecule has 4 aromatic rings. The van der Waals surface area contributed by atoms with E-state index in [-0.39, 0.29) is 0 Å². The van der Waals surface area contributed by atoms with Gasteiger partial charge in [0, 0.05) is 37.7 Å². The Morgan fingerprint density at radius 2 is 1.89 bits per heavy atom.